The molecule has 0 saturated heterocycles. The van der Waals surface area contributed by atoms with Gasteiger partial charge in [-0.1, -0.05) is 6.08 Å². The number of hydrogen-bond donors (Lipinski definition) is 3. The molecule has 0 fully saturated rings. The van der Waals surface area contributed by atoms with Gasteiger partial charge in [-0.15, -0.1) is 0 Å². The molecule has 0 bridgehead atoms. The van der Waals surface area contributed by atoms with Crippen molar-refractivity contribution in [1.29, 1.82) is 0 Å². The van der Waals surface area contributed by atoms with Crippen LogP contribution in [0.1, 0.15) is 6.42 Å². The molecular formula is C7H10N2O4. The van der Waals surface area contributed by atoms with Gasteiger partial charge in [-0.2, -0.15) is 0 Å². The molecule has 1 aliphatic rings. The standard InChI is InChI=1S/C7H10N2O4/c10-6(11)4-5(7(12)13)9-3-1-2-8-9/h1-2,5,8H,3-4H2,(H,10,11)(H,12,13). The lowest BCUT2D eigenvalue weighted by atomic mass is 10.2. The highest BCUT2D eigenvalue weighted by Gasteiger charge is 2.28. The molecule has 0 aromatic rings. The minimum absolute atomic E-state index is 0.407. The third-order valence-electron chi connectivity index (χ3n) is 1.69. The van der Waals surface area contributed by atoms with E-state index in [0.29, 0.717) is 6.54 Å². The molecule has 0 amide bonds. The van der Waals surface area contributed by atoms with Gasteiger partial charge in [0.05, 0.1) is 6.42 Å². The van der Waals surface area contributed by atoms with Crippen LogP contribution in [0.5, 0.6) is 0 Å². The lowest BCUT2D eigenvalue weighted by molar-refractivity contribution is -0.150. The van der Waals surface area contributed by atoms with Crippen molar-refractivity contribution in [1.82, 2.24) is 10.4 Å². The Morgan fingerprint density at radius 2 is 2.23 bits per heavy atom. The number of carboxylic acids is 2. The first kappa shape index (κ1) is 9.53. The SMILES string of the molecule is O=C(O)CC(C(=O)O)N1CC=CN1. The minimum Gasteiger partial charge on any atom is -0.481 e. The van der Waals surface area contributed by atoms with E-state index < -0.39 is 24.4 Å². The summed E-state index contributed by atoms with van der Waals surface area (Å²) in [5.41, 5.74) is 2.65. The maximum absolute atomic E-state index is 10.6. The van der Waals surface area contributed by atoms with Crippen molar-refractivity contribution in [3.05, 3.63) is 12.3 Å². The zero-order chi connectivity index (χ0) is 9.84. The number of aliphatic carboxylic acids is 2. The quantitative estimate of drug-likeness (QED) is 0.535. The van der Waals surface area contributed by atoms with Gasteiger partial charge >= 0.3 is 11.9 Å². The molecule has 0 aromatic heterocycles. The highest BCUT2D eigenvalue weighted by molar-refractivity contribution is 5.80. The molecule has 72 valence electrons. The number of nitrogens with one attached hydrogen (secondary N) is 1. The summed E-state index contributed by atoms with van der Waals surface area (Å²) in [7, 11) is 0. The van der Waals surface area contributed by atoms with E-state index in [-0.39, 0.29) is 0 Å². The second-order valence-corrected chi connectivity index (χ2v) is 2.64. The lowest BCUT2D eigenvalue weighted by Gasteiger charge is -2.22. The van der Waals surface area contributed by atoms with Crippen LogP contribution in [-0.2, 0) is 9.59 Å². The third-order valence-corrected chi connectivity index (χ3v) is 1.69. The zero-order valence-electron chi connectivity index (χ0n) is 6.80. The average Bonchev–Trinajstić information content (AvgIpc) is 2.50. The van der Waals surface area contributed by atoms with Crippen LogP contribution in [0.3, 0.4) is 0 Å². The summed E-state index contributed by atoms with van der Waals surface area (Å²) in [6.07, 6.45) is 2.89. The van der Waals surface area contributed by atoms with Crippen LogP contribution in [0.4, 0.5) is 0 Å². The van der Waals surface area contributed by atoms with E-state index in [9.17, 15) is 9.59 Å². The number of hydrazine groups is 1. The average molecular weight is 186 g/mol. The van der Waals surface area contributed by atoms with Crippen molar-refractivity contribution in [2.24, 2.45) is 0 Å². The van der Waals surface area contributed by atoms with Crippen LogP contribution in [0.2, 0.25) is 0 Å². The second kappa shape index (κ2) is 3.90. The molecule has 1 aliphatic heterocycles. The molecule has 1 atom stereocenters. The first-order valence-electron chi connectivity index (χ1n) is 3.73. The molecule has 0 aromatic carbocycles. The topological polar surface area (TPSA) is 89.9 Å². The van der Waals surface area contributed by atoms with Crippen molar-refractivity contribution in [2.75, 3.05) is 6.54 Å². The Bertz CT molecular complexity index is 243. The summed E-state index contributed by atoms with van der Waals surface area (Å²) in [5, 5.41) is 18.5. The predicted octanol–water partition coefficient (Wildman–Crippen LogP) is -0.752. The Morgan fingerprint density at radius 1 is 1.54 bits per heavy atom. The van der Waals surface area contributed by atoms with E-state index in [1.165, 1.54) is 5.01 Å². The first-order chi connectivity index (χ1) is 6.11. The van der Waals surface area contributed by atoms with Crippen molar-refractivity contribution >= 4 is 11.9 Å². The number of carboxylic acid groups (broad SMARTS) is 2. The molecule has 0 saturated carbocycles. The summed E-state index contributed by atoms with van der Waals surface area (Å²) in [5.74, 6) is -2.26. The maximum Gasteiger partial charge on any atom is 0.323 e. The molecule has 0 aliphatic carbocycles. The third kappa shape index (κ3) is 2.45. The number of carbonyl (C=O) groups is 2. The van der Waals surface area contributed by atoms with Gasteiger partial charge in [-0.25, -0.2) is 5.01 Å². The van der Waals surface area contributed by atoms with Crippen LogP contribution in [-0.4, -0.2) is 39.7 Å². The Morgan fingerprint density at radius 3 is 2.62 bits per heavy atom. The van der Waals surface area contributed by atoms with Crippen molar-refractivity contribution in [3.63, 3.8) is 0 Å². The molecule has 1 unspecified atom stereocenters. The van der Waals surface area contributed by atoms with Crippen molar-refractivity contribution in [2.45, 2.75) is 12.5 Å². The minimum atomic E-state index is -1.14. The molecule has 6 nitrogen and oxygen atoms in total. The van der Waals surface area contributed by atoms with Crippen molar-refractivity contribution < 1.29 is 19.8 Å². The van der Waals surface area contributed by atoms with Crippen LogP contribution in [0.25, 0.3) is 0 Å². The molecule has 13 heavy (non-hydrogen) atoms. The van der Waals surface area contributed by atoms with Gasteiger partial charge in [0.1, 0.15) is 6.04 Å². The van der Waals surface area contributed by atoms with E-state index >= 15 is 0 Å². The Labute approximate surface area is 74.4 Å². The molecule has 0 spiro atoms. The van der Waals surface area contributed by atoms with Gasteiger partial charge in [0, 0.05) is 12.7 Å². The summed E-state index contributed by atoms with van der Waals surface area (Å²) >= 11 is 0. The van der Waals surface area contributed by atoms with Crippen LogP contribution >= 0.6 is 0 Å². The van der Waals surface area contributed by atoms with E-state index in [1.807, 2.05) is 0 Å². The number of nitrogens with zero attached hydrogens (tertiary/aromatic N) is 1. The van der Waals surface area contributed by atoms with Gasteiger partial charge < -0.3 is 15.6 Å². The molecular weight excluding hydrogens is 176 g/mol. The van der Waals surface area contributed by atoms with Gasteiger partial charge in [-0.05, 0) is 0 Å². The molecule has 6 heteroatoms. The largest absolute Gasteiger partial charge is 0.481 e. The van der Waals surface area contributed by atoms with E-state index in [1.54, 1.807) is 12.3 Å². The Balaban J connectivity index is 2.56. The summed E-state index contributed by atoms with van der Waals surface area (Å²) in [4.78, 5) is 21.0. The van der Waals surface area contributed by atoms with Crippen molar-refractivity contribution in [3.8, 4) is 0 Å². The molecule has 3 N–H and O–H groups in total. The van der Waals surface area contributed by atoms with Crippen LogP contribution in [0.15, 0.2) is 12.3 Å². The molecule has 1 heterocycles. The smallest absolute Gasteiger partial charge is 0.323 e. The lowest BCUT2D eigenvalue weighted by Crippen LogP contribution is -2.46. The second-order valence-electron chi connectivity index (χ2n) is 2.64. The maximum atomic E-state index is 10.6. The predicted molar refractivity (Wildman–Crippen MR) is 42.7 cm³/mol. The first-order valence-corrected chi connectivity index (χ1v) is 3.73. The fourth-order valence-electron chi connectivity index (χ4n) is 1.08. The molecule has 0 radical (unpaired) electrons. The van der Waals surface area contributed by atoms with E-state index in [0.717, 1.165) is 0 Å². The van der Waals surface area contributed by atoms with Crippen LogP contribution in [0, 0.1) is 0 Å². The highest BCUT2D eigenvalue weighted by atomic mass is 16.4. The van der Waals surface area contributed by atoms with E-state index in [2.05, 4.69) is 5.43 Å². The number of hydrogen-bond acceptors (Lipinski definition) is 4. The normalized spacial score (nSPS) is 18.2. The Kier molecular flexibility index (Phi) is 2.86. The fourth-order valence-corrected chi connectivity index (χ4v) is 1.08. The summed E-state index contributed by atoms with van der Waals surface area (Å²) < 4.78 is 0. The highest BCUT2D eigenvalue weighted by Crippen LogP contribution is 2.05. The fraction of sp³-hybridized carbons (Fsp3) is 0.429. The summed E-state index contributed by atoms with van der Waals surface area (Å²) in [6, 6.07) is -1.02. The zero-order valence-corrected chi connectivity index (χ0v) is 6.80. The van der Waals surface area contributed by atoms with Gasteiger partial charge in [0.25, 0.3) is 0 Å². The number of rotatable bonds is 4. The monoisotopic (exact) mass is 186 g/mol. The Hall–Kier alpha value is -1.56. The van der Waals surface area contributed by atoms with Gasteiger partial charge in [0.2, 0.25) is 0 Å². The van der Waals surface area contributed by atoms with Gasteiger partial charge in [-0.3, -0.25) is 9.59 Å². The molecule has 1 rings (SSSR count). The van der Waals surface area contributed by atoms with Crippen LogP contribution < -0.4 is 5.43 Å². The van der Waals surface area contributed by atoms with E-state index in [4.69, 9.17) is 10.2 Å². The summed E-state index contributed by atoms with van der Waals surface area (Å²) in [6.45, 7) is 0.407. The van der Waals surface area contributed by atoms with Gasteiger partial charge in [0.15, 0.2) is 0 Å².